The van der Waals surface area contributed by atoms with Crippen molar-refractivity contribution in [2.75, 3.05) is 26.8 Å². The number of amides is 1. The van der Waals surface area contributed by atoms with Crippen LogP contribution in [0.25, 0.3) is 0 Å². The number of rotatable bonds is 7. The van der Waals surface area contributed by atoms with Gasteiger partial charge in [0.15, 0.2) is 11.5 Å². The van der Waals surface area contributed by atoms with Gasteiger partial charge in [-0.25, -0.2) is 0 Å². The molecule has 1 saturated heterocycles. The summed E-state index contributed by atoms with van der Waals surface area (Å²) in [5, 5.41) is 3.51. The van der Waals surface area contributed by atoms with Crippen molar-refractivity contribution in [1.29, 1.82) is 0 Å². The van der Waals surface area contributed by atoms with Crippen LogP contribution in [-0.2, 0) is 6.54 Å². The van der Waals surface area contributed by atoms with Crippen molar-refractivity contribution in [1.82, 2.24) is 10.2 Å². The Morgan fingerprint density at radius 2 is 1.93 bits per heavy atom. The first kappa shape index (κ1) is 20.5. The Kier molecular flexibility index (Phi) is 7.18. The Balaban J connectivity index is 1.56. The highest BCUT2D eigenvalue weighted by molar-refractivity contribution is 6.32. The molecule has 0 bridgehead atoms. The van der Waals surface area contributed by atoms with E-state index >= 15 is 0 Å². The summed E-state index contributed by atoms with van der Waals surface area (Å²) in [7, 11) is 1.54. The van der Waals surface area contributed by atoms with Gasteiger partial charge in [0.2, 0.25) is 0 Å². The fourth-order valence-corrected chi connectivity index (χ4v) is 3.75. The molecule has 1 heterocycles. The van der Waals surface area contributed by atoms with Crippen LogP contribution in [0.5, 0.6) is 11.5 Å². The number of carbonyl (C=O) groups is 1. The molecular formula is C22H27ClN2O3. The molecular weight excluding hydrogens is 376 g/mol. The number of nitrogens with zero attached hydrogens (tertiary/aromatic N) is 1. The highest BCUT2D eigenvalue weighted by Crippen LogP contribution is 2.36. The number of nitrogens with one attached hydrogen (secondary N) is 1. The summed E-state index contributed by atoms with van der Waals surface area (Å²) in [5.41, 5.74) is 1.80. The van der Waals surface area contributed by atoms with Crippen molar-refractivity contribution in [3.05, 3.63) is 58.6 Å². The van der Waals surface area contributed by atoms with Crippen molar-refractivity contribution in [3.63, 3.8) is 0 Å². The fraction of sp³-hybridized carbons (Fsp3) is 0.409. The molecule has 28 heavy (non-hydrogen) atoms. The van der Waals surface area contributed by atoms with Gasteiger partial charge < -0.3 is 14.8 Å². The maximum absolute atomic E-state index is 12.7. The molecule has 2 aromatic carbocycles. The number of hydrogen-bond acceptors (Lipinski definition) is 4. The molecule has 0 saturated carbocycles. The van der Waals surface area contributed by atoms with Gasteiger partial charge in [0, 0.05) is 31.2 Å². The normalized spacial score (nSPS) is 15.2. The number of benzene rings is 2. The van der Waals surface area contributed by atoms with Gasteiger partial charge in [0.05, 0.1) is 18.7 Å². The lowest BCUT2D eigenvalue weighted by atomic mass is 10.0. The third kappa shape index (κ3) is 5.18. The lowest BCUT2D eigenvalue weighted by Gasteiger charge is -2.32. The number of piperidine rings is 1. The minimum atomic E-state index is -0.134. The maximum atomic E-state index is 12.7. The monoisotopic (exact) mass is 402 g/mol. The van der Waals surface area contributed by atoms with Crippen LogP contribution in [-0.4, -0.2) is 43.7 Å². The lowest BCUT2D eigenvalue weighted by molar-refractivity contribution is 0.0908. The number of halogens is 1. The third-order valence-corrected chi connectivity index (χ3v) is 5.23. The van der Waals surface area contributed by atoms with E-state index in [1.54, 1.807) is 19.2 Å². The van der Waals surface area contributed by atoms with Crippen LogP contribution in [0, 0.1) is 0 Å². The average Bonchev–Trinajstić information content (AvgIpc) is 2.71. The van der Waals surface area contributed by atoms with E-state index in [4.69, 9.17) is 21.1 Å². The van der Waals surface area contributed by atoms with E-state index in [-0.39, 0.29) is 11.9 Å². The molecule has 3 rings (SSSR count). The molecule has 0 radical (unpaired) electrons. The molecule has 150 valence electrons. The lowest BCUT2D eigenvalue weighted by Crippen LogP contribution is -2.44. The molecule has 1 aliphatic rings. The summed E-state index contributed by atoms with van der Waals surface area (Å²) in [6, 6.07) is 13.9. The van der Waals surface area contributed by atoms with Crippen LogP contribution < -0.4 is 14.8 Å². The molecule has 0 spiro atoms. The Morgan fingerprint density at radius 3 is 2.57 bits per heavy atom. The zero-order chi connectivity index (χ0) is 19.9. The largest absolute Gasteiger partial charge is 0.493 e. The summed E-state index contributed by atoms with van der Waals surface area (Å²) in [6.07, 6.45) is 1.86. The molecule has 6 heteroatoms. The molecule has 5 nitrogen and oxygen atoms in total. The highest BCUT2D eigenvalue weighted by Gasteiger charge is 2.22. The number of hydrogen-bond donors (Lipinski definition) is 1. The summed E-state index contributed by atoms with van der Waals surface area (Å²) in [5.74, 6) is 0.805. The van der Waals surface area contributed by atoms with Crippen molar-refractivity contribution in [2.24, 2.45) is 0 Å². The van der Waals surface area contributed by atoms with Gasteiger partial charge in [-0.3, -0.25) is 9.69 Å². The average molecular weight is 403 g/mol. The molecule has 0 aliphatic carbocycles. The number of ether oxygens (including phenoxy) is 2. The number of likely N-dealkylation sites (tertiary alicyclic amines) is 1. The smallest absolute Gasteiger partial charge is 0.251 e. The Labute approximate surface area is 171 Å². The van der Waals surface area contributed by atoms with Gasteiger partial charge in [0.25, 0.3) is 5.91 Å². The molecule has 1 aliphatic heterocycles. The van der Waals surface area contributed by atoms with Gasteiger partial charge in [-0.2, -0.15) is 0 Å². The van der Waals surface area contributed by atoms with Crippen LogP contribution in [0.3, 0.4) is 0 Å². The number of carbonyl (C=O) groups excluding carboxylic acids is 1. The minimum Gasteiger partial charge on any atom is -0.493 e. The zero-order valence-corrected chi connectivity index (χ0v) is 17.2. The third-order valence-electron chi connectivity index (χ3n) is 4.95. The Hall–Kier alpha value is -2.24. The first-order valence-electron chi connectivity index (χ1n) is 9.68. The SMILES string of the molecule is CCOc1c(Cl)cc(C(=O)NC2CCN(Cc3ccccc3)CC2)cc1OC. The molecule has 0 aromatic heterocycles. The Bertz CT molecular complexity index is 790. The van der Waals surface area contributed by atoms with Gasteiger partial charge in [-0.05, 0) is 37.5 Å². The van der Waals surface area contributed by atoms with Crippen LogP contribution in [0.4, 0.5) is 0 Å². The minimum absolute atomic E-state index is 0.134. The van der Waals surface area contributed by atoms with E-state index in [1.807, 2.05) is 13.0 Å². The van der Waals surface area contributed by atoms with Crippen molar-refractivity contribution in [3.8, 4) is 11.5 Å². The summed E-state index contributed by atoms with van der Waals surface area (Å²) < 4.78 is 10.8. The van der Waals surface area contributed by atoms with E-state index in [0.29, 0.717) is 28.7 Å². The first-order chi connectivity index (χ1) is 13.6. The van der Waals surface area contributed by atoms with Crippen LogP contribution in [0.1, 0.15) is 35.7 Å². The summed E-state index contributed by atoms with van der Waals surface area (Å²) >= 11 is 6.28. The van der Waals surface area contributed by atoms with E-state index in [2.05, 4.69) is 34.5 Å². The second-order valence-electron chi connectivity index (χ2n) is 6.93. The van der Waals surface area contributed by atoms with E-state index < -0.39 is 0 Å². The van der Waals surface area contributed by atoms with Crippen LogP contribution in [0.15, 0.2) is 42.5 Å². The van der Waals surface area contributed by atoms with Gasteiger partial charge in [-0.1, -0.05) is 41.9 Å². The molecule has 0 atom stereocenters. The second-order valence-corrected chi connectivity index (χ2v) is 7.34. The van der Waals surface area contributed by atoms with Crippen molar-refractivity contribution >= 4 is 17.5 Å². The first-order valence-corrected chi connectivity index (χ1v) is 10.1. The van der Waals surface area contributed by atoms with Crippen molar-refractivity contribution < 1.29 is 14.3 Å². The van der Waals surface area contributed by atoms with E-state index in [0.717, 1.165) is 32.5 Å². The fourth-order valence-electron chi connectivity index (χ4n) is 3.48. The molecule has 0 unspecified atom stereocenters. The van der Waals surface area contributed by atoms with Crippen molar-refractivity contribution in [2.45, 2.75) is 32.4 Å². The van der Waals surface area contributed by atoms with E-state index in [9.17, 15) is 4.79 Å². The molecule has 1 fully saturated rings. The zero-order valence-electron chi connectivity index (χ0n) is 16.4. The Morgan fingerprint density at radius 1 is 1.21 bits per heavy atom. The standard InChI is InChI=1S/C22H27ClN2O3/c1-3-28-21-19(23)13-17(14-20(21)27-2)22(26)24-18-9-11-25(12-10-18)15-16-7-5-4-6-8-16/h4-8,13-14,18H,3,9-12,15H2,1-2H3,(H,24,26). The highest BCUT2D eigenvalue weighted by atomic mass is 35.5. The predicted octanol–water partition coefficient (Wildman–Crippen LogP) is 4.14. The van der Waals surface area contributed by atoms with Gasteiger partial charge in [-0.15, -0.1) is 0 Å². The molecule has 1 N–H and O–H groups in total. The van der Waals surface area contributed by atoms with Gasteiger partial charge in [0.1, 0.15) is 0 Å². The topological polar surface area (TPSA) is 50.8 Å². The summed E-state index contributed by atoms with van der Waals surface area (Å²) in [4.78, 5) is 15.1. The van der Waals surface area contributed by atoms with Gasteiger partial charge >= 0.3 is 0 Å². The predicted molar refractivity (Wildman–Crippen MR) is 111 cm³/mol. The maximum Gasteiger partial charge on any atom is 0.251 e. The summed E-state index contributed by atoms with van der Waals surface area (Å²) in [6.45, 7) is 5.23. The van der Waals surface area contributed by atoms with E-state index in [1.165, 1.54) is 5.56 Å². The molecule has 1 amide bonds. The van der Waals surface area contributed by atoms with Crippen LogP contribution >= 0.6 is 11.6 Å². The van der Waals surface area contributed by atoms with Crippen LogP contribution in [0.2, 0.25) is 5.02 Å². The number of methoxy groups -OCH3 is 1. The quantitative estimate of drug-likeness (QED) is 0.756. The molecule has 2 aromatic rings. The second kappa shape index (κ2) is 9.80.